The van der Waals surface area contributed by atoms with Crippen LogP contribution in [0, 0.1) is 23.7 Å². The van der Waals surface area contributed by atoms with Gasteiger partial charge in [0.15, 0.2) is 0 Å². The Bertz CT molecular complexity index is 563. The number of hydrogen-bond acceptors (Lipinski definition) is 2. The van der Waals surface area contributed by atoms with Gasteiger partial charge in [0.1, 0.15) is 5.75 Å². The SMILES string of the molecule is CC1C[C@H]2[C@@H](CC[C@@]2(C)O)[C@@H]2CCc3cc(O)ccc3[C@@H]12. The van der Waals surface area contributed by atoms with Crippen LogP contribution in [-0.2, 0) is 6.42 Å². The van der Waals surface area contributed by atoms with Crippen LogP contribution in [0.2, 0.25) is 0 Å². The van der Waals surface area contributed by atoms with Crippen LogP contribution in [-0.4, -0.2) is 15.8 Å². The number of fused-ring (bicyclic) bond motifs is 5. The van der Waals surface area contributed by atoms with E-state index >= 15 is 0 Å². The standard InChI is InChI=1S/C19H26O2/c1-11-9-17-15(7-8-19(17,2)21)16-5-3-12-10-13(20)4-6-14(12)18(11)16/h4,6,10-11,15-18,20-21H,3,5,7-9H2,1-2H3/t11?,15-,16-,17-,18+,19+/m0/s1. The zero-order valence-electron chi connectivity index (χ0n) is 13.0. The van der Waals surface area contributed by atoms with E-state index in [1.54, 1.807) is 0 Å². The minimum Gasteiger partial charge on any atom is -0.508 e. The van der Waals surface area contributed by atoms with Crippen LogP contribution in [0.5, 0.6) is 5.75 Å². The molecule has 2 saturated carbocycles. The van der Waals surface area contributed by atoms with E-state index < -0.39 is 5.60 Å². The third kappa shape index (κ3) is 1.95. The molecule has 2 N–H and O–H groups in total. The molecule has 0 heterocycles. The number of aryl methyl sites for hydroxylation is 1. The molecule has 2 fully saturated rings. The Balaban J connectivity index is 1.73. The van der Waals surface area contributed by atoms with E-state index in [1.807, 2.05) is 12.1 Å². The summed E-state index contributed by atoms with van der Waals surface area (Å²) in [7, 11) is 0. The summed E-state index contributed by atoms with van der Waals surface area (Å²) < 4.78 is 0. The number of hydrogen-bond donors (Lipinski definition) is 2. The van der Waals surface area contributed by atoms with Gasteiger partial charge in [-0.3, -0.25) is 0 Å². The molecule has 0 radical (unpaired) electrons. The maximum absolute atomic E-state index is 10.7. The summed E-state index contributed by atoms with van der Waals surface area (Å²) >= 11 is 0. The number of phenols is 1. The van der Waals surface area contributed by atoms with E-state index in [1.165, 1.54) is 24.0 Å². The molecule has 2 heteroatoms. The van der Waals surface area contributed by atoms with Crippen LogP contribution < -0.4 is 0 Å². The first-order valence-corrected chi connectivity index (χ1v) is 8.51. The summed E-state index contributed by atoms with van der Waals surface area (Å²) in [6.07, 6.45) is 5.63. The molecule has 0 aromatic heterocycles. The van der Waals surface area contributed by atoms with E-state index in [9.17, 15) is 10.2 Å². The first kappa shape index (κ1) is 13.6. The van der Waals surface area contributed by atoms with Crippen LogP contribution in [0.3, 0.4) is 0 Å². The minimum absolute atomic E-state index is 0.400. The highest BCUT2D eigenvalue weighted by Gasteiger charge is 2.54. The quantitative estimate of drug-likeness (QED) is 0.760. The summed E-state index contributed by atoms with van der Waals surface area (Å²) in [4.78, 5) is 0. The predicted molar refractivity (Wildman–Crippen MR) is 83.3 cm³/mol. The third-order valence-corrected chi connectivity index (χ3v) is 6.78. The molecule has 3 aliphatic carbocycles. The van der Waals surface area contributed by atoms with E-state index in [-0.39, 0.29) is 0 Å². The van der Waals surface area contributed by atoms with Gasteiger partial charge < -0.3 is 10.2 Å². The summed E-state index contributed by atoms with van der Waals surface area (Å²) in [6.45, 7) is 4.42. The van der Waals surface area contributed by atoms with Crippen LogP contribution in [0.15, 0.2) is 18.2 Å². The molecule has 2 nitrogen and oxygen atoms in total. The summed E-state index contributed by atoms with van der Waals surface area (Å²) in [5, 5.41) is 20.4. The van der Waals surface area contributed by atoms with Crippen molar-refractivity contribution in [2.24, 2.45) is 23.7 Å². The Morgan fingerprint density at radius 1 is 1.19 bits per heavy atom. The molecule has 4 rings (SSSR count). The van der Waals surface area contributed by atoms with Crippen molar-refractivity contribution < 1.29 is 10.2 Å². The first-order valence-electron chi connectivity index (χ1n) is 8.51. The molecule has 1 aromatic rings. The number of benzene rings is 1. The normalized spacial score (nSPS) is 44.8. The topological polar surface area (TPSA) is 40.5 Å². The second kappa shape index (κ2) is 4.49. The molecule has 114 valence electrons. The Labute approximate surface area is 127 Å². The molecule has 0 spiro atoms. The Morgan fingerprint density at radius 2 is 2.00 bits per heavy atom. The monoisotopic (exact) mass is 286 g/mol. The molecule has 1 unspecified atom stereocenters. The van der Waals surface area contributed by atoms with Gasteiger partial charge in [0.05, 0.1) is 5.60 Å². The lowest BCUT2D eigenvalue weighted by atomic mass is 9.56. The maximum atomic E-state index is 10.7. The summed E-state index contributed by atoms with van der Waals surface area (Å²) in [5.74, 6) is 3.58. The van der Waals surface area contributed by atoms with Gasteiger partial charge in [-0.15, -0.1) is 0 Å². The average molecular weight is 286 g/mol. The van der Waals surface area contributed by atoms with E-state index in [2.05, 4.69) is 19.9 Å². The molecule has 0 bridgehead atoms. The van der Waals surface area contributed by atoms with Gasteiger partial charge >= 0.3 is 0 Å². The van der Waals surface area contributed by atoms with Gasteiger partial charge in [-0.2, -0.15) is 0 Å². The van der Waals surface area contributed by atoms with Crippen LogP contribution in [0.25, 0.3) is 0 Å². The van der Waals surface area contributed by atoms with Gasteiger partial charge in [0, 0.05) is 0 Å². The highest BCUT2D eigenvalue weighted by atomic mass is 16.3. The van der Waals surface area contributed by atoms with Crippen LogP contribution in [0.1, 0.15) is 56.6 Å². The molecule has 0 saturated heterocycles. The second-order valence-electron chi connectivity index (χ2n) is 7.99. The highest BCUT2D eigenvalue weighted by molar-refractivity contribution is 5.40. The molecular weight excluding hydrogens is 260 g/mol. The molecule has 1 aromatic carbocycles. The second-order valence-corrected chi connectivity index (χ2v) is 7.99. The van der Waals surface area contributed by atoms with Crippen molar-refractivity contribution in [3.05, 3.63) is 29.3 Å². The van der Waals surface area contributed by atoms with Gasteiger partial charge in [-0.1, -0.05) is 13.0 Å². The fraction of sp³-hybridized carbons (Fsp3) is 0.684. The fourth-order valence-corrected chi connectivity index (χ4v) is 5.87. The van der Waals surface area contributed by atoms with Crippen molar-refractivity contribution in [1.29, 1.82) is 0 Å². The van der Waals surface area contributed by atoms with Crippen molar-refractivity contribution in [3.63, 3.8) is 0 Å². The van der Waals surface area contributed by atoms with Crippen molar-refractivity contribution >= 4 is 0 Å². The third-order valence-electron chi connectivity index (χ3n) is 6.78. The predicted octanol–water partition coefficient (Wildman–Crippen LogP) is 3.86. The van der Waals surface area contributed by atoms with E-state index in [4.69, 9.17) is 0 Å². The zero-order chi connectivity index (χ0) is 14.8. The average Bonchev–Trinajstić information content (AvgIpc) is 2.74. The van der Waals surface area contributed by atoms with Gasteiger partial charge in [0.25, 0.3) is 0 Å². The summed E-state index contributed by atoms with van der Waals surface area (Å²) in [5.41, 5.74) is 2.38. The zero-order valence-corrected chi connectivity index (χ0v) is 13.0. The first-order chi connectivity index (χ1) is 9.97. The Kier molecular flexibility index (Phi) is 2.91. The summed E-state index contributed by atoms with van der Waals surface area (Å²) in [6, 6.07) is 5.98. The van der Waals surface area contributed by atoms with Crippen molar-refractivity contribution in [2.75, 3.05) is 0 Å². The lowest BCUT2D eigenvalue weighted by Crippen LogP contribution is -2.44. The Hall–Kier alpha value is -1.02. The molecule has 3 aliphatic rings. The van der Waals surface area contributed by atoms with E-state index in [0.29, 0.717) is 29.4 Å². The largest absolute Gasteiger partial charge is 0.508 e. The molecular formula is C19H26O2. The number of phenolic OH excluding ortho intramolecular Hbond substituents is 1. The van der Waals surface area contributed by atoms with Crippen LogP contribution in [0.4, 0.5) is 0 Å². The lowest BCUT2D eigenvalue weighted by molar-refractivity contribution is -0.0347. The highest BCUT2D eigenvalue weighted by Crippen LogP contribution is 2.59. The smallest absolute Gasteiger partial charge is 0.115 e. The molecule has 0 aliphatic heterocycles. The van der Waals surface area contributed by atoms with Crippen LogP contribution >= 0.6 is 0 Å². The number of rotatable bonds is 0. The molecule has 6 atom stereocenters. The number of aromatic hydroxyl groups is 1. The molecule has 0 amide bonds. The van der Waals surface area contributed by atoms with E-state index in [0.717, 1.165) is 25.2 Å². The van der Waals surface area contributed by atoms with Gasteiger partial charge in [-0.05, 0) is 91.9 Å². The van der Waals surface area contributed by atoms with Crippen molar-refractivity contribution in [2.45, 2.75) is 57.5 Å². The minimum atomic E-state index is -0.445. The van der Waals surface area contributed by atoms with Gasteiger partial charge in [0.2, 0.25) is 0 Å². The number of aliphatic hydroxyl groups is 1. The van der Waals surface area contributed by atoms with Gasteiger partial charge in [-0.25, -0.2) is 0 Å². The Morgan fingerprint density at radius 3 is 2.81 bits per heavy atom. The van der Waals surface area contributed by atoms with Crippen molar-refractivity contribution in [3.8, 4) is 5.75 Å². The fourth-order valence-electron chi connectivity index (χ4n) is 5.87. The lowest BCUT2D eigenvalue weighted by Gasteiger charge is -2.49. The van der Waals surface area contributed by atoms with Crippen molar-refractivity contribution in [1.82, 2.24) is 0 Å². The molecule has 21 heavy (non-hydrogen) atoms. The maximum Gasteiger partial charge on any atom is 0.115 e.